The zero-order valence-corrected chi connectivity index (χ0v) is 19.3. The number of aryl methyl sites for hydroxylation is 1. The largest absolute Gasteiger partial charge is 0.497 e. The molecule has 1 aliphatic rings. The Kier molecular flexibility index (Phi) is 7.20. The summed E-state index contributed by atoms with van der Waals surface area (Å²) in [6, 6.07) is 11.1. The molecule has 9 heteroatoms. The number of rotatable bonds is 7. The summed E-state index contributed by atoms with van der Waals surface area (Å²) in [7, 11) is 1.56. The lowest BCUT2D eigenvalue weighted by atomic mass is 10.0. The van der Waals surface area contributed by atoms with Crippen LogP contribution in [0.15, 0.2) is 42.5 Å². The van der Waals surface area contributed by atoms with E-state index in [1.165, 1.54) is 13.0 Å². The maximum absolute atomic E-state index is 14.6. The minimum atomic E-state index is -0.568. The third-order valence-electron chi connectivity index (χ3n) is 5.89. The molecule has 0 saturated carbocycles. The number of carbonyl (C=O) groups is 2. The van der Waals surface area contributed by atoms with Gasteiger partial charge in [-0.1, -0.05) is 18.6 Å². The Morgan fingerprint density at radius 3 is 2.65 bits per heavy atom. The van der Waals surface area contributed by atoms with Crippen LogP contribution in [-0.2, 0) is 22.6 Å². The van der Waals surface area contributed by atoms with Gasteiger partial charge in [-0.2, -0.15) is 0 Å². The zero-order valence-electron chi connectivity index (χ0n) is 19.3. The molecule has 0 bridgehead atoms. The number of methoxy groups -OCH3 is 1. The average Bonchev–Trinajstić information content (AvgIpc) is 3.07. The molecule has 2 aromatic carbocycles. The van der Waals surface area contributed by atoms with Gasteiger partial charge in [0.25, 0.3) is 0 Å². The van der Waals surface area contributed by atoms with E-state index in [4.69, 9.17) is 4.74 Å². The van der Waals surface area contributed by atoms with Gasteiger partial charge in [0.15, 0.2) is 5.82 Å². The van der Waals surface area contributed by atoms with Crippen molar-refractivity contribution in [2.75, 3.05) is 12.4 Å². The van der Waals surface area contributed by atoms with E-state index in [9.17, 15) is 14.0 Å². The van der Waals surface area contributed by atoms with Crippen molar-refractivity contribution in [1.82, 2.24) is 20.1 Å². The van der Waals surface area contributed by atoms with Crippen molar-refractivity contribution >= 4 is 17.5 Å². The van der Waals surface area contributed by atoms with E-state index in [2.05, 4.69) is 25.4 Å². The quantitative estimate of drug-likeness (QED) is 0.549. The van der Waals surface area contributed by atoms with Gasteiger partial charge in [0, 0.05) is 25.5 Å². The lowest BCUT2D eigenvalue weighted by Gasteiger charge is -2.19. The number of nitrogens with one attached hydrogen (secondary N) is 2. The van der Waals surface area contributed by atoms with E-state index >= 15 is 0 Å². The Bertz CT molecular complexity index is 1180. The maximum atomic E-state index is 14.6. The normalized spacial score (nSPS) is 14.0. The highest BCUT2D eigenvalue weighted by Gasteiger charge is 2.20. The van der Waals surface area contributed by atoms with Crippen molar-refractivity contribution in [1.29, 1.82) is 0 Å². The number of nitrogens with zero attached hydrogens (tertiary/aromatic N) is 3. The van der Waals surface area contributed by atoms with Crippen molar-refractivity contribution in [3.05, 3.63) is 59.7 Å². The lowest BCUT2D eigenvalue weighted by molar-refractivity contribution is -0.120. The maximum Gasteiger partial charge on any atom is 0.226 e. The highest BCUT2D eigenvalue weighted by molar-refractivity contribution is 5.92. The molecule has 178 valence electrons. The SMILES string of the molecule is COc1ccc(C(CC(=O)Nc2cc(-c3nnc4n3CCCCC4)ccc2F)NC(C)=O)cc1. The number of amides is 2. The van der Waals surface area contributed by atoms with Crippen LogP contribution in [0.25, 0.3) is 11.4 Å². The van der Waals surface area contributed by atoms with Crippen LogP contribution in [0, 0.1) is 5.82 Å². The van der Waals surface area contributed by atoms with Gasteiger partial charge in [0.1, 0.15) is 17.4 Å². The van der Waals surface area contributed by atoms with Gasteiger partial charge in [-0.3, -0.25) is 9.59 Å². The molecular weight excluding hydrogens is 437 g/mol. The third-order valence-corrected chi connectivity index (χ3v) is 5.89. The Morgan fingerprint density at radius 1 is 1.12 bits per heavy atom. The van der Waals surface area contributed by atoms with Crippen LogP contribution in [0.4, 0.5) is 10.1 Å². The van der Waals surface area contributed by atoms with Crippen LogP contribution in [0.3, 0.4) is 0 Å². The molecule has 8 nitrogen and oxygen atoms in total. The summed E-state index contributed by atoms with van der Waals surface area (Å²) in [5.74, 6) is 1.02. The van der Waals surface area contributed by atoms with Gasteiger partial charge in [0.05, 0.1) is 25.3 Å². The molecule has 34 heavy (non-hydrogen) atoms. The van der Waals surface area contributed by atoms with Crippen molar-refractivity contribution < 1.29 is 18.7 Å². The van der Waals surface area contributed by atoms with Crippen molar-refractivity contribution in [2.24, 2.45) is 0 Å². The monoisotopic (exact) mass is 465 g/mol. The Morgan fingerprint density at radius 2 is 1.91 bits per heavy atom. The second-order valence-electron chi connectivity index (χ2n) is 8.38. The van der Waals surface area contributed by atoms with Gasteiger partial charge in [0.2, 0.25) is 11.8 Å². The van der Waals surface area contributed by atoms with E-state index in [0.717, 1.165) is 43.6 Å². The van der Waals surface area contributed by atoms with Crippen molar-refractivity contribution in [3.63, 3.8) is 0 Å². The molecule has 2 N–H and O–H groups in total. The number of hydrogen-bond acceptors (Lipinski definition) is 5. The summed E-state index contributed by atoms with van der Waals surface area (Å²) in [5, 5.41) is 14.1. The Labute approximate surface area is 197 Å². The average molecular weight is 466 g/mol. The highest BCUT2D eigenvalue weighted by atomic mass is 19.1. The number of aromatic nitrogens is 3. The van der Waals surface area contributed by atoms with Gasteiger partial charge in [-0.25, -0.2) is 4.39 Å². The number of ether oxygens (including phenoxy) is 1. The van der Waals surface area contributed by atoms with E-state index in [1.807, 2.05) is 0 Å². The third kappa shape index (κ3) is 5.41. The smallest absolute Gasteiger partial charge is 0.226 e. The summed E-state index contributed by atoms with van der Waals surface area (Å²) < 4.78 is 21.8. The predicted octanol–water partition coefficient (Wildman–Crippen LogP) is 4.03. The lowest BCUT2D eigenvalue weighted by Crippen LogP contribution is -2.29. The first-order valence-electron chi connectivity index (χ1n) is 11.4. The molecule has 2 amide bonds. The molecule has 1 aliphatic heterocycles. The molecule has 0 aliphatic carbocycles. The summed E-state index contributed by atoms with van der Waals surface area (Å²) in [6.45, 7) is 2.20. The first-order valence-corrected chi connectivity index (χ1v) is 11.4. The second-order valence-corrected chi connectivity index (χ2v) is 8.38. The molecule has 1 unspecified atom stereocenters. The summed E-state index contributed by atoms with van der Waals surface area (Å²) in [5.41, 5.74) is 1.49. The van der Waals surface area contributed by atoms with Crippen LogP contribution < -0.4 is 15.4 Å². The molecule has 0 spiro atoms. The molecule has 0 saturated heterocycles. The first-order chi connectivity index (χ1) is 16.4. The number of hydrogen-bond donors (Lipinski definition) is 2. The van der Waals surface area contributed by atoms with E-state index in [-0.39, 0.29) is 18.0 Å². The van der Waals surface area contributed by atoms with Crippen LogP contribution >= 0.6 is 0 Å². The molecule has 4 rings (SSSR count). The van der Waals surface area contributed by atoms with E-state index < -0.39 is 17.8 Å². The Hall–Kier alpha value is -3.75. The molecule has 2 heterocycles. The topological polar surface area (TPSA) is 98.1 Å². The fourth-order valence-corrected chi connectivity index (χ4v) is 4.18. The fourth-order valence-electron chi connectivity index (χ4n) is 4.18. The summed E-state index contributed by atoms with van der Waals surface area (Å²) in [4.78, 5) is 24.6. The van der Waals surface area contributed by atoms with Gasteiger partial charge in [-0.05, 0) is 48.7 Å². The van der Waals surface area contributed by atoms with E-state index in [1.54, 1.807) is 43.5 Å². The minimum Gasteiger partial charge on any atom is -0.497 e. The number of fused-ring (bicyclic) bond motifs is 1. The molecule has 1 aromatic heterocycles. The first kappa shape index (κ1) is 23.4. The highest BCUT2D eigenvalue weighted by Crippen LogP contribution is 2.27. The number of anilines is 1. The molecule has 3 aromatic rings. The number of halogens is 1. The van der Waals surface area contributed by atoms with Gasteiger partial charge in [-0.15, -0.1) is 10.2 Å². The molecular formula is C25H28FN5O3. The molecule has 0 radical (unpaired) electrons. The van der Waals surface area contributed by atoms with Gasteiger partial charge >= 0.3 is 0 Å². The summed E-state index contributed by atoms with van der Waals surface area (Å²) in [6.07, 6.45) is 4.06. The summed E-state index contributed by atoms with van der Waals surface area (Å²) >= 11 is 0. The van der Waals surface area contributed by atoms with Crippen molar-refractivity contribution in [2.45, 2.75) is 51.6 Å². The van der Waals surface area contributed by atoms with Crippen LogP contribution in [0.5, 0.6) is 5.75 Å². The molecule has 1 atom stereocenters. The minimum absolute atomic E-state index is 0.0596. The number of benzene rings is 2. The predicted molar refractivity (Wildman–Crippen MR) is 126 cm³/mol. The van der Waals surface area contributed by atoms with Gasteiger partial charge < -0.3 is 19.9 Å². The van der Waals surface area contributed by atoms with Crippen LogP contribution in [0.1, 0.15) is 50.0 Å². The number of carbonyl (C=O) groups excluding carboxylic acids is 2. The van der Waals surface area contributed by atoms with Crippen LogP contribution in [-0.4, -0.2) is 33.7 Å². The van der Waals surface area contributed by atoms with E-state index in [0.29, 0.717) is 17.1 Å². The fraction of sp³-hybridized carbons (Fsp3) is 0.360. The second kappa shape index (κ2) is 10.5. The molecule has 0 fully saturated rings. The zero-order chi connectivity index (χ0) is 24.1. The Balaban J connectivity index is 1.53. The standard InChI is InChI=1S/C25H28FN5O3/c1-16(32)27-21(17-7-10-19(34-2)11-8-17)15-24(33)28-22-14-18(9-12-20(22)26)25-30-29-23-6-4-3-5-13-31(23)25/h7-12,14,21H,3-6,13,15H2,1-2H3,(H,27,32)(H,28,33). The van der Waals surface area contributed by atoms with Crippen molar-refractivity contribution in [3.8, 4) is 17.1 Å². The van der Waals surface area contributed by atoms with Crippen LogP contribution in [0.2, 0.25) is 0 Å².